The van der Waals surface area contributed by atoms with Crippen LogP contribution in [0.15, 0.2) is 18.2 Å². The number of benzene rings is 1. The van der Waals surface area contributed by atoms with Gasteiger partial charge in [0.2, 0.25) is 5.91 Å². The lowest BCUT2D eigenvalue weighted by atomic mass is 9.89. The first-order valence-corrected chi connectivity index (χ1v) is 7.29. The second-order valence-electron chi connectivity index (χ2n) is 5.77. The highest BCUT2D eigenvalue weighted by atomic mass is 32.1. The van der Waals surface area contributed by atoms with Gasteiger partial charge in [-0.2, -0.15) is 0 Å². The van der Waals surface area contributed by atoms with E-state index in [1.807, 2.05) is 6.92 Å². The first kappa shape index (κ1) is 15.9. The molecular formula is C15H20FN3OS. The van der Waals surface area contributed by atoms with Crippen LogP contribution in [0.25, 0.3) is 0 Å². The Balaban J connectivity index is 2.12. The minimum atomic E-state index is -0.411. The van der Waals surface area contributed by atoms with Crippen LogP contribution >= 0.6 is 12.2 Å². The predicted octanol–water partition coefficient (Wildman–Crippen LogP) is 1.42. The zero-order chi connectivity index (χ0) is 15.6. The SMILES string of the molecule is CNC(=O)C1(C)CCN(Cc2cc(C(N)=S)ccc2F)C1. The molecule has 0 aliphatic carbocycles. The molecule has 0 aromatic heterocycles. The van der Waals surface area contributed by atoms with Gasteiger partial charge in [-0.25, -0.2) is 4.39 Å². The molecule has 1 aliphatic heterocycles. The summed E-state index contributed by atoms with van der Waals surface area (Å²) < 4.78 is 13.9. The summed E-state index contributed by atoms with van der Waals surface area (Å²) in [6.07, 6.45) is 0.767. The molecule has 21 heavy (non-hydrogen) atoms. The second kappa shape index (κ2) is 6.07. The quantitative estimate of drug-likeness (QED) is 0.826. The van der Waals surface area contributed by atoms with E-state index in [2.05, 4.69) is 10.2 Å². The highest BCUT2D eigenvalue weighted by Crippen LogP contribution is 2.31. The lowest BCUT2D eigenvalue weighted by Gasteiger charge is -2.23. The van der Waals surface area contributed by atoms with Gasteiger partial charge >= 0.3 is 0 Å². The fourth-order valence-electron chi connectivity index (χ4n) is 2.77. The molecule has 6 heteroatoms. The maximum Gasteiger partial charge on any atom is 0.227 e. The molecule has 1 atom stereocenters. The Labute approximate surface area is 129 Å². The van der Waals surface area contributed by atoms with Crippen LogP contribution in [0.1, 0.15) is 24.5 Å². The topological polar surface area (TPSA) is 58.4 Å². The second-order valence-corrected chi connectivity index (χ2v) is 6.21. The minimum Gasteiger partial charge on any atom is -0.389 e. The zero-order valence-corrected chi connectivity index (χ0v) is 13.1. The first-order valence-electron chi connectivity index (χ1n) is 6.88. The van der Waals surface area contributed by atoms with Crippen molar-refractivity contribution in [3.8, 4) is 0 Å². The summed E-state index contributed by atoms with van der Waals surface area (Å²) in [4.78, 5) is 14.2. The van der Waals surface area contributed by atoms with Gasteiger partial charge in [0.1, 0.15) is 10.8 Å². The van der Waals surface area contributed by atoms with Crippen LogP contribution in [0.5, 0.6) is 0 Å². The molecule has 1 aromatic carbocycles. The fourth-order valence-corrected chi connectivity index (χ4v) is 2.90. The molecule has 1 heterocycles. The summed E-state index contributed by atoms with van der Waals surface area (Å²) in [6, 6.07) is 4.66. The summed E-state index contributed by atoms with van der Waals surface area (Å²) in [5.74, 6) is -0.245. The Kier molecular flexibility index (Phi) is 4.58. The van der Waals surface area contributed by atoms with Crippen molar-refractivity contribution < 1.29 is 9.18 Å². The van der Waals surface area contributed by atoms with Crippen molar-refractivity contribution in [1.82, 2.24) is 10.2 Å². The largest absolute Gasteiger partial charge is 0.389 e. The molecule has 3 N–H and O–H groups in total. The molecule has 1 aliphatic rings. The normalized spacial score (nSPS) is 22.2. The summed E-state index contributed by atoms with van der Waals surface area (Å²) in [5, 5.41) is 2.69. The van der Waals surface area contributed by atoms with E-state index in [-0.39, 0.29) is 16.7 Å². The molecule has 2 rings (SSSR count). The monoisotopic (exact) mass is 309 g/mol. The van der Waals surface area contributed by atoms with Crippen LogP contribution in [0.3, 0.4) is 0 Å². The van der Waals surface area contributed by atoms with E-state index in [0.717, 1.165) is 13.0 Å². The third-order valence-corrected chi connectivity index (χ3v) is 4.29. The number of nitrogens with one attached hydrogen (secondary N) is 1. The van der Waals surface area contributed by atoms with Crippen LogP contribution in [0, 0.1) is 11.2 Å². The van der Waals surface area contributed by atoms with Crippen molar-refractivity contribution in [3.05, 3.63) is 35.1 Å². The Bertz CT molecular complexity index is 578. The lowest BCUT2D eigenvalue weighted by Crippen LogP contribution is -2.39. The molecule has 114 valence electrons. The van der Waals surface area contributed by atoms with Crippen LogP contribution in [0.2, 0.25) is 0 Å². The first-order chi connectivity index (χ1) is 9.85. The third kappa shape index (κ3) is 3.39. The molecule has 0 radical (unpaired) electrons. The maximum absolute atomic E-state index is 13.9. The van der Waals surface area contributed by atoms with Crippen LogP contribution in [-0.4, -0.2) is 35.9 Å². The van der Waals surface area contributed by atoms with E-state index < -0.39 is 5.41 Å². The van der Waals surface area contributed by atoms with Gasteiger partial charge in [-0.1, -0.05) is 12.2 Å². The number of thiocarbonyl (C=S) groups is 1. The number of likely N-dealkylation sites (tertiary alicyclic amines) is 1. The molecule has 1 unspecified atom stereocenters. The number of amides is 1. The molecule has 4 nitrogen and oxygen atoms in total. The number of halogens is 1. The van der Waals surface area contributed by atoms with Gasteiger partial charge in [0, 0.05) is 31.3 Å². The number of nitrogens with two attached hydrogens (primary N) is 1. The van der Waals surface area contributed by atoms with Crippen molar-refractivity contribution in [1.29, 1.82) is 0 Å². The third-order valence-electron chi connectivity index (χ3n) is 4.05. The Morgan fingerprint density at radius 2 is 2.29 bits per heavy atom. The summed E-state index contributed by atoms with van der Waals surface area (Å²) in [7, 11) is 1.64. The summed E-state index contributed by atoms with van der Waals surface area (Å²) in [5.41, 5.74) is 6.39. The van der Waals surface area contributed by atoms with Crippen LogP contribution < -0.4 is 11.1 Å². The Morgan fingerprint density at radius 1 is 1.57 bits per heavy atom. The standard InChI is InChI=1S/C15H20FN3OS/c1-15(14(20)18-2)5-6-19(9-15)8-11-7-10(13(17)21)3-4-12(11)16/h3-4,7H,5-6,8-9H2,1-2H3,(H2,17,21)(H,18,20). The predicted molar refractivity (Wildman–Crippen MR) is 84.4 cm³/mol. The average molecular weight is 309 g/mol. The van der Waals surface area contributed by atoms with Crippen molar-refractivity contribution >= 4 is 23.1 Å². The van der Waals surface area contributed by atoms with Crippen LogP contribution in [-0.2, 0) is 11.3 Å². The number of nitrogens with zero attached hydrogens (tertiary/aromatic N) is 1. The molecule has 0 spiro atoms. The van der Waals surface area contributed by atoms with Crippen LogP contribution in [0.4, 0.5) is 4.39 Å². The van der Waals surface area contributed by atoms with Gasteiger partial charge in [0.05, 0.1) is 5.41 Å². The van der Waals surface area contributed by atoms with E-state index in [4.69, 9.17) is 18.0 Å². The highest BCUT2D eigenvalue weighted by molar-refractivity contribution is 7.80. The molecular weight excluding hydrogens is 289 g/mol. The van der Waals surface area contributed by atoms with Gasteiger partial charge in [-0.05, 0) is 38.1 Å². The van der Waals surface area contributed by atoms with Gasteiger partial charge in [0.25, 0.3) is 0 Å². The van der Waals surface area contributed by atoms with Crippen molar-refractivity contribution in [2.24, 2.45) is 11.1 Å². The van der Waals surface area contributed by atoms with E-state index >= 15 is 0 Å². The fraction of sp³-hybridized carbons (Fsp3) is 0.467. The van der Waals surface area contributed by atoms with Crippen molar-refractivity contribution in [2.45, 2.75) is 19.9 Å². The van der Waals surface area contributed by atoms with Gasteiger partial charge in [-0.3, -0.25) is 9.69 Å². The average Bonchev–Trinajstić information content (AvgIpc) is 2.82. The number of hydrogen-bond acceptors (Lipinski definition) is 3. The van der Waals surface area contributed by atoms with E-state index in [1.54, 1.807) is 19.2 Å². The molecule has 1 saturated heterocycles. The Morgan fingerprint density at radius 3 is 2.90 bits per heavy atom. The van der Waals surface area contributed by atoms with Crippen molar-refractivity contribution in [2.75, 3.05) is 20.1 Å². The van der Waals surface area contributed by atoms with Gasteiger partial charge in [0.15, 0.2) is 0 Å². The van der Waals surface area contributed by atoms with Crippen molar-refractivity contribution in [3.63, 3.8) is 0 Å². The van der Waals surface area contributed by atoms with Gasteiger partial charge < -0.3 is 11.1 Å². The molecule has 0 bridgehead atoms. The zero-order valence-electron chi connectivity index (χ0n) is 12.3. The number of rotatable bonds is 4. The lowest BCUT2D eigenvalue weighted by molar-refractivity contribution is -0.129. The number of carbonyl (C=O) groups is 1. The maximum atomic E-state index is 13.9. The smallest absolute Gasteiger partial charge is 0.227 e. The van der Waals surface area contributed by atoms with E-state index in [9.17, 15) is 9.18 Å². The van der Waals surface area contributed by atoms with Gasteiger partial charge in [-0.15, -0.1) is 0 Å². The van der Waals surface area contributed by atoms with E-state index in [0.29, 0.717) is 24.2 Å². The summed E-state index contributed by atoms with van der Waals surface area (Å²) >= 11 is 4.92. The number of hydrogen-bond donors (Lipinski definition) is 2. The number of carbonyl (C=O) groups excluding carboxylic acids is 1. The molecule has 0 saturated carbocycles. The Hall–Kier alpha value is -1.53. The van der Waals surface area contributed by atoms with E-state index in [1.165, 1.54) is 6.07 Å². The highest BCUT2D eigenvalue weighted by Gasteiger charge is 2.39. The summed E-state index contributed by atoms with van der Waals surface area (Å²) in [6.45, 7) is 3.77. The minimum absolute atomic E-state index is 0.0300. The molecule has 1 fully saturated rings. The molecule has 1 amide bonds. The molecule has 1 aromatic rings.